The molecule has 0 aliphatic rings. The third-order valence-electron chi connectivity index (χ3n) is 4.50. The van der Waals surface area contributed by atoms with Crippen molar-refractivity contribution in [2.24, 2.45) is 0 Å². The van der Waals surface area contributed by atoms with Crippen LogP contribution in [0.25, 0.3) is 21.9 Å². The number of furan rings is 1. The fourth-order valence-corrected chi connectivity index (χ4v) is 3.02. The van der Waals surface area contributed by atoms with Gasteiger partial charge in [0.05, 0.1) is 19.0 Å². The zero-order chi connectivity index (χ0) is 17.9. The lowest BCUT2D eigenvalue weighted by molar-refractivity contribution is -0.124. The second kappa shape index (κ2) is 6.88. The summed E-state index contributed by atoms with van der Waals surface area (Å²) in [5.41, 5.74) is 2.10. The minimum Gasteiger partial charge on any atom is -0.467 e. The summed E-state index contributed by atoms with van der Waals surface area (Å²) in [5.74, 6) is 0.622. The Bertz CT molecular complexity index is 1030. The van der Waals surface area contributed by atoms with E-state index in [2.05, 4.69) is 34.7 Å². The maximum Gasteiger partial charge on any atom is 0.244 e. The zero-order valence-electron chi connectivity index (χ0n) is 14.4. The van der Waals surface area contributed by atoms with E-state index in [1.165, 1.54) is 10.8 Å². The molecule has 5 heteroatoms. The third kappa shape index (κ3) is 3.11. The Balaban J connectivity index is 1.54. The van der Waals surface area contributed by atoms with Crippen molar-refractivity contribution < 1.29 is 9.21 Å². The number of benzene rings is 2. The molecule has 0 bridgehead atoms. The second-order valence-electron chi connectivity index (χ2n) is 6.21. The van der Waals surface area contributed by atoms with Crippen molar-refractivity contribution in [2.75, 3.05) is 0 Å². The molecule has 1 unspecified atom stereocenters. The lowest BCUT2D eigenvalue weighted by atomic mass is 10.0. The predicted octanol–water partition coefficient (Wildman–Crippen LogP) is 4.17. The highest BCUT2D eigenvalue weighted by atomic mass is 16.3. The van der Waals surface area contributed by atoms with Gasteiger partial charge in [-0.15, -0.1) is 0 Å². The molecule has 0 saturated carbocycles. The minimum atomic E-state index is -0.409. The number of carbonyl (C=O) groups excluding carboxylic acids is 1. The van der Waals surface area contributed by atoms with Crippen molar-refractivity contribution in [1.82, 2.24) is 15.1 Å². The lowest BCUT2D eigenvalue weighted by Crippen LogP contribution is -2.30. The van der Waals surface area contributed by atoms with Gasteiger partial charge in [-0.25, -0.2) is 0 Å². The summed E-state index contributed by atoms with van der Waals surface area (Å²) < 4.78 is 6.92. The van der Waals surface area contributed by atoms with Gasteiger partial charge in [-0.05, 0) is 35.4 Å². The Morgan fingerprint density at radius 2 is 2.00 bits per heavy atom. The van der Waals surface area contributed by atoms with E-state index in [0.29, 0.717) is 6.54 Å². The van der Waals surface area contributed by atoms with Crippen LogP contribution in [-0.2, 0) is 11.3 Å². The highest BCUT2D eigenvalue weighted by Crippen LogP contribution is 2.28. The molecule has 1 atom stereocenters. The first-order valence-electron chi connectivity index (χ1n) is 8.55. The highest BCUT2D eigenvalue weighted by Gasteiger charge is 2.17. The molecule has 26 heavy (non-hydrogen) atoms. The van der Waals surface area contributed by atoms with Crippen LogP contribution in [0.2, 0.25) is 0 Å². The molecule has 1 N–H and O–H groups in total. The topological polar surface area (TPSA) is 60.1 Å². The minimum absolute atomic E-state index is 0.103. The summed E-state index contributed by atoms with van der Waals surface area (Å²) in [6, 6.07) is 17.7. The molecule has 4 aromatic rings. The summed E-state index contributed by atoms with van der Waals surface area (Å²) in [6.45, 7) is 2.20. The van der Waals surface area contributed by atoms with E-state index in [4.69, 9.17) is 4.42 Å². The molecular formula is C21H19N3O2. The normalized spacial score (nSPS) is 12.2. The smallest absolute Gasteiger partial charge is 0.244 e. The van der Waals surface area contributed by atoms with Crippen LogP contribution in [0.4, 0.5) is 0 Å². The standard InChI is InChI=1S/C21H19N3O2/c1-15(21(25)22-13-18-8-5-11-26-18)24-14-17(12-23-24)20-10-4-7-16-6-2-3-9-19(16)20/h2-12,14-15H,13H2,1H3,(H,22,25). The number of fused-ring (bicyclic) bond motifs is 1. The fourth-order valence-electron chi connectivity index (χ4n) is 3.02. The first-order chi connectivity index (χ1) is 12.7. The first kappa shape index (κ1) is 16.1. The highest BCUT2D eigenvalue weighted by molar-refractivity contribution is 5.96. The van der Waals surface area contributed by atoms with Crippen molar-refractivity contribution in [3.8, 4) is 11.1 Å². The van der Waals surface area contributed by atoms with Crippen LogP contribution < -0.4 is 5.32 Å². The van der Waals surface area contributed by atoms with Crippen molar-refractivity contribution in [2.45, 2.75) is 19.5 Å². The summed E-state index contributed by atoms with van der Waals surface area (Å²) in [5, 5.41) is 9.62. The van der Waals surface area contributed by atoms with Gasteiger partial charge in [0.25, 0.3) is 0 Å². The largest absolute Gasteiger partial charge is 0.467 e. The molecule has 4 rings (SSSR count). The maximum absolute atomic E-state index is 12.4. The van der Waals surface area contributed by atoms with Gasteiger partial charge in [0.1, 0.15) is 11.8 Å². The van der Waals surface area contributed by atoms with E-state index in [9.17, 15) is 4.79 Å². The van der Waals surface area contributed by atoms with Crippen molar-refractivity contribution in [3.63, 3.8) is 0 Å². The SMILES string of the molecule is CC(C(=O)NCc1ccco1)n1cc(-c2cccc3ccccc23)cn1. The molecule has 0 radical (unpaired) electrons. The van der Waals surface area contributed by atoms with Crippen LogP contribution in [0.1, 0.15) is 18.7 Å². The number of amides is 1. The number of carbonyl (C=O) groups is 1. The third-order valence-corrected chi connectivity index (χ3v) is 4.50. The van der Waals surface area contributed by atoms with E-state index >= 15 is 0 Å². The van der Waals surface area contributed by atoms with E-state index in [-0.39, 0.29) is 5.91 Å². The average molecular weight is 345 g/mol. The van der Waals surface area contributed by atoms with Gasteiger partial charge in [0, 0.05) is 11.8 Å². The quantitative estimate of drug-likeness (QED) is 0.590. The average Bonchev–Trinajstić information content (AvgIpc) is 3.37. The number of nitrogens with one attached hydrogen (secondary N) is 1. The van der Waals surface area contributed by atoms with Gasteiger partial charge in [0.2, 0.25) is 5.91 Å². The van der Waals surface area contributed by atoms with Gasteiger partial charge in [0.15, 0.2) is 0 Å². The summed E-state index contributed by atoms with van der Waals surface area (Å²) in [4.78, 5) is 12.4. The van der Waals surface area contributed by atoms with Gasteiger partial charge in [-0.3, -0.25) is 9.48 Å². The van der Waals surface area contributed by atoms with Gasteiger partial charge in [-0.2, -0.15) is 5.10 Å². The summed E-state index contributed by atoms with van der Waals surface area (Å²) >= 11 is 0. The Labute approximate surface area is 151 Å². The molecule has 2 aromatic carbocycles. The molecule has 2 aromatic heterocycles. The van der Waals surface area contributed by atoms with Crippen molar-refractivity contribution in [3.05, 3.63) is 79.0 Å². The lowest BCUT2D eigenvalue weighted by Gasteiger charge is -2.12. The van der Waals surface area contributed by atoms with Crippen molar-refractivity contribution >= 4 is 16.7 Å². The second-order valence-corrected chi connectivity index (χ2v) is 6.21. The number of rotatable bonds is 5. The van der Waals surface area contributed by atoms with Crippen LogP contribution in [0.5, 0.6) is 0 Å². The first-order valence-corrected chi connectivity index (χ1v) is 8.55. The van der Waals surface area contributed by atoms with E-state index in [1.807, 2.05) is 37.4 Å². The molecule has 2 heterocycles. The van der Waals surface area contributed by atoms with Gasteiger partial charge >= 0.3 is 0 Å². The molecule has 0 saturated heterocycles. The van der Waals surface area contributed by atoms with Crippen molar-refractivity contribution in [1.29, 1.82) is 0 Å². The van der Waals surface area contributed by atoms with Gasteiger partial charge in [-0.1, -0.05) is 42.5 Å². The zero-order valence-corrected chi connectivity index (χ0v) is 14.4. The van der Waals surface area contributed by atoms with Crippen LogP contribution in [0, 0.1) is 0 Å². The molecule has 1 amide bonds. The van der Waals surface area contributed by atoms with E-state index in [1.54, 1.807) is 23.2 Å². The van der Waals surface area contributed by atoms with Crippen LogP contribution in [0.15, 0.2) is 77.7 Å². The number of hydrogen-bond donors (Lipinski definition) is 1. The molecule has 0 fully saturated rings. The van der Waals surface area contributed by atoms with Crippen LogP contribution >= 0.6 is 0 Å². The van der Waals surface area contributed by atoms with E-state index in [0.717, 1.165) is 16.9 Å². The Hall–Kier alpha value is -3.34. The molecule has 0 aliphatic carbocycles. The van der Waals surface area contributed by atoms with E-state index < -0.39 is 6.04 Å². The maximum atomic E-state index is 12.4. The molecule has 0 aliphatic heterocycles. The summed E-state index contributed by atoms with van der Waals surface area (Å²) in [6.07, 6.45) is 5.31. The van der Waals surface area contributed by atoms with Crippen LogP contribution in [0.3, 0.4) is 0 Å². The monoisotopic (exact) mass is 345 g/mol. The Morgan fingerprint density at radius 1 is 1.15 bits per heavy atom. The molecule has 5 nitrogen and oxygen atoms in total. The Morgan fingerprint density at radius 3 is 2.85 bits per heavy atom. The summed E-state index contributed by atoms with van der Waals surface area (Å²) in [7, 11) is 0. The van der Waals surface area contributed by atoms with Gasteiger partial charge < -0.3 is 9.73 Å². The predicted molar refractivity (Wildman–Crippen MR) is 100 cm³/mol. The molecule has 130 valence electrons. The Kier molecular flexibility index (Phi) is 4.27. The van der Waals surface area contributed by atoms with Crippen LogP contribution in [-0.4, -0.2) is 15.7 Å². The number of aromatic nitrogens is 2. The molecular weight excluding hydrogens is 326 g/mol. The molecule has 0 spiro atoms. The number of nitrogens with zero attached hydrogens (tertiary/aromatic N) is 2. The fraction of sp³-hybridized carbons (Fsp3) is 0.143. The number of hydrogen-bond acceptors (Lipinski definition) is 3.